The van der Waals surface area contributed by atoms with Crippen LogP contribution in [0, 0.1) is 5.92 Å². The van der Waals surface area contributed by atoms with E-state index in [0.29, 0.717) is 19.1 Å². The van der Waals surface area contributed by atoms with Crippen molar-refractivity contribution in [2.75, 3.05) is 46.4 Å². The van der Waals surface area contributed by atoms with Gasteiger partial charge in [-0.15, -0.1) is 24.8 Å². The van der Waals surface area contributed by atoms with Crippen LogP contribution >= 0.6 is 24.8 Å². The third-order valence-electron chi connectivity index (χ3n) is 3.77. The van der Waals surface area contributed by atoms with E-state index in [9.17, 15) is 4.79 Å². The SMILES string of the molecule is COCCNCCNC(=O)C(C(C)C)N1CCCCC1.Cl.Cl. The molecule has 5 nitrogen and oxygen atoms in total. The molecule has 1 aliphatic heterocycles. The molecule has 1 aliphatic rings. The molecule has 1 amide bonds. The zero-order chi connectivity index (χ0) is 14.8. The predicted octanol–water partition coefficient (Wildman–Crippen LogP) is 1.69. The molecule has 0 bridgehead atoms. The summed E-state index contributed by atoms with van der Waals surface area (Å²) in [6.07, 6.45) is 3.73. The molecule has 1 saturated heterocycles. The Morgan fingerprint density at radius 2 is 1.73 bits per heavy atom. The summed E-state index contributed by atoms with van der Waals surface area (Å²) < 4.78 is 4.96. The molecular weight excluding hydrogens is 325 g/mol. The minimum Gasteiger partial charge on any atom is -0.383 e. The van der Waals surface area contributed by atoms with Gasteiger partial charge in [0.15, 0.2) is 0 Å². The van der Waals surface area contributed by atoms with Crippen molar-refractivity contribution in [3.8, 4) is 0 Å². The number of nitrogens with zero attached hydrogens (tertiary/aromatic N) is 1. The van der Waals surface area contributed by atoms with Crippen molar-refractivity contribution in [3.63, 3.8) is 0 Å². The van der Waals surface area contributed by atoms with Crippen LogP contribution in [0.1, 0.15) is 33.1 Å². The molecule has 7 heteroatoms. The number of carbonyl (C=O) groups excluding carboxylic acids is 1. The Bertz CT molecular complexity index is 276. The van der Waals surface area contributed by atoms with Crippen LogP contribution < -0.4 is 10.6 Å². The molecule has 1 heterocycles. The molecule has 0 aromatic rings. The molecule has 22 heavy (non-hydrogen) atoms. The Morgan fingerprint density at radius 3 is 2.27 bits per heavy atom. The number of ether oxygens (including phenoxy) is 1. The van der Waals surface area contributed by atoms with E-state index in [1.54, 1.807) is 7.11 Å². The van der Waals surface area contributed by atoms with Crippen molar-refractivity contribution in [1.82, 2.24) is 15.5 Å². The minimum atomic E-state index is 0. The maximum absolute atomic E-state index is 12.4. The normalized spacial score (nSPS) is 16.5. The van der Waals surface area contributed by atoms with E-state index in [-0.39, 0.29) is 36.8 Å². The quantitative estimate of drug-likeness (QED) is 0.616. The first-order valence-electron chi connectivity index (χ1n) is 7.88. The standard InChI is InChI=1S/C15H31N3O2.2ClH/c1-13(2)14(18-10-5-4-6-11-18)15(19)17-8-7-16-9-12-20-3;;/h13-14,16H,4-12H2,1-3H3,(H,17,19);2*1H. The van der Waals surface area contributed by atoms with Crippen LogP contribution in [-0.2, 0) is 9.53 Å². The number of nitrogens with one attached hydrogen (secondary N) is 2. The van der Waals surface area contributed by atoms with Gasteiger partial charge in [0, 0.05) is 26.7 Å². The average molecular weight is 358 g/mol. The number of likely N-dealkylation sites (tertiary alicyclic amines) is 1. The highest BCUT2D eigenvalue weighted by atomic mass is 35.5. The van der Waals surface area contributed by atoms with Gasteiger partial charge in [-0.05, 0) is 31.8 Å². The van der Waals surface area contributed by atoms with E-state index in [0.717, 1.165) is 26.2 Å². The van der Waals surface area contributed by atoms with Crippen molar-refractivity contribution >= 4 is 30.7 Å². The molecule has 0 aromatic heterocycles. The molecule has 1 fully saturated rings. The first kappa shape index (κ1) is 24.2. The van der Waals surface area contributed by atoms with Crippen LogP contribution in [0.5, 0.6) is 0 Å². The van der Waals surface area contributed by atoms with E-state index < -0.39 is 0 Å². The van der Waals surface area contributed by atoms with Crippen molar-refractivity contribution in [2.45, 2.75) is 39.2 Å². The van der Waals surface area contributed by atoms with Crippen molar-refractivity contribution in [1.29, 1.82) is 0 Å². The van der Waals surface area contributed by atoms with Crippen LogP contribution in [0.25, 0.3) is 0 Å². The van der Waals surface area contributed by atoms with Crippen molar-refractivity contribution in [2.24, 2.45) is 5.92 Å². The van der Waals surface area contributed by atoms with Crippen LogP contribution in [0.3, 0.4) is 0 Å². The van der Waals surface area contributed by atoms with Gasteiger partial charge in [-0.1, -0.05) is 20.3 Å². The summed E-state index contributed by atoms with van der Waals surface area (Å²) in [5, 5.41) is 6.29. The van der Waals surface area contributed by atoms with Crippen LogP contribution in [-0.4, -0.2) is 63.3 Å². The molecule has 0 saturated carbocycles. The zero-order valence-electron chi connectivity index (χ0n) is 14.1. The largest absolute Gasteiger partial charge is 0.383 e. The zero-order valence-corrected chi connectivity index (χ0v) is 15.7. The van der Waals surface area contributed by atoms with Gasteiger partial charge in [-0.2, -0.15) is 0 Å². The first-order valence-corrected chi connectivity index (χ1v) is 7.88. The topological polar surface area (TPSA) is 53.6 Å². The van der Waals surface area contributed by atoms with Gasteiger partial charge in [0.25, 0.3) is 0 Å². The summed E-state index contributed by atoms with van der Waals surface area (Å²) in [5.74, 6) is 0.532. The molecule has 0 aromatic carbocycles. The number of rotatable bonds is 9. The number of amides is 1. The Balaban J connectivity index is 0. The second-order valence-electron chi connectivity index (χ2n) is 5.82. The molecule has 2 N–H and O–H groups in total. The van der Waals surface area contributed by atoms with E-state index in [4.69, 9.17) is 4.74 Å². The van der Waals surface area contributed by atoms with Gasteiger partial charge in [0.1, 0.15) is 0 Å². The van der Waals surface area contributed by atoms with Crippen molar-refractivity contribution < 1.29 is 9.53 Å². The van der Waals surface area contributed by atoms with E-state index in [2.05, 4.69) is 29.4 Å². The predicted molar refractivity (Wildman–Crippen MR) is 96.3 cm³/mol. The summed E-state index contributed by atoms with van der Waals surface area (Å²) >= 11 is 0. The second kappa shape index (κ2) is 14.5. The fourth-order valence-corrected chi connectivity index (χ4v) is 2.76. The lowest BCUT2D eigenvalue weighted by Gasteiger charge is -2.35. The van der Waals surface area contributed by atoms with E-state index >= 15 is 0 Å². The fraction of sp³-hybridized carbons (Fsp3) is 0.933. The van der Waals surface area contributed by atoms with Gasteiger partial charge in [-0.25, -0.2) is 0 Å². The number of hydrogen-bond acceptors (Lipinski definition) is 4. The van der Waals surface area contributed by atoms with Crippen LogP contribution in [0.2, 0.25) is 0 Å². The number of piperidine rings is 1. The highest BCUT2D eigenvalue weighted by molar-refractivity contribution is 5.85. The Hall–Kier alpha value is -0.0700. The van der Waals surface area contributed by atoms with Gasteiger partial charge in [-0.3, -0.25) is 9.69 Å². The van der Waals surface area contributed by atoms with Gasteiger partial charge in [0.05, 0.1) is 12.6 Å². The van der Waals surface area contributed by atoms with Gasteiger partial charge < -0.3 is 15.4 Å². The number of hydrogen-bond donors (Lipinski definition) is 2. The molecule has 1 rings (SSSR count). The maximum Gasteiger partial charge on any atom is 0.237 e. The van der Waals surface area contributed by atoms with Crippen molar-refractivity contribution in [3.05, 3.63) is 0 Å². The number of halogens is 2. The lowest BCUT2D eigenvalue weighted by Crippen LogP contribution is -2.52. The third-order valence-corrected chi connectivity index (χ3v) is 3.77. The summed E-state index contributed by atoms with van der Waals surface area (Å²) in [6, 6.07) is 0.0225. The molecule has 134 valence electrons. The monoisotopic (exact) mass is 357 g/mol. The fourth-order valence-electron chi connectivity index (χ4n) is 2.76. The van der Waals surface area contributed by atoms with Gasteiger partial charge in [0.2, 0.25) is 5.91 Å². The lowest BCUT2D eigenvalue weighted by molar-refractivity contribution is -0.128. The summed E-state index contributed by atoms with van der Waals surface area (Å²) in [5.41, 5.74) is 0. The van der Waals surface area contributed by atoms with E-state index in [1.165, 1.54) is 19.3 Å². The second-order valence-corrected chi connectivity index (χ2v) is 5.82. The third kappa shape index (κ3) is 9.16. The summed E-state index contributed by atoms with van der Waals surface area (Å²) in [4.78, 5) is 14.7. The Labute approximate surface area is 147 Å². The Morgan fingerprint density at radius 1 is 1.09 bits per heavy atom. The molecule has 0 spiro atoms. The molecule has 1 atom stereocenters. The molecule has 0 radical (unpaired) electrons. The molecular formula is C15H33Cl2N3O2. The first-order chi connectivity index (χ1) is 9.66. The van der Waals surface area contributed by atoms with Crippen LogP contribution in [0.4, 0.5) is 0 Å². The minimum absolute atomic E-state index is 0. The smallest absolute Gasteiger partial charge is 0.237 e. The van der Waals surface area contributed by atoms with Crippen LogP contribution in [0.15, 0.2) is 0 Å². The van der Waals surface area contributed by atoms with Gasteiger partial charge >= 0.3 is 0 Å². The highest BCUT2D eigenvalue weighted by Gasteiger charge is 2.29. The van der Waals surface area contributed by atoms with E-state index in [1.807, 2.05) is 0 Å². The molecule has 1 unspecified atom stereocenters. The average Bonchev–Trinajstić information content (AvgIpc) is 2.43. The maximum atomic E-state index is 12.4. The summed E-state index contributed by atoms with van der Waals surface area (Å²) in [6.45, 7) is 9.39. The molecule has 0 aliphatic carbocycles. The number of carbonyl (C=O) groups is 1. The number of methoxy groups -OCH3 is 1. The Kier molecular flexibility index (Phi) is 16.0. The summed E-state index contributed by atoms with van der Waals surface area (Å²) in [7, 11) is 1.69. The highest BCUT2D eigenvalue weighted by Crippen LogP contribution is 2.17. The lowest BCUT2D eigenvalue weighted by atomic mass is 9.98.